The summed E-state index contributed by atoms with van der Waals surface area (Å²) in [5.41, 5.74) is 2.42. The highest BCUT2D eigenvalue weighted by atomic mass is 32.2. The lowest BCUT2D eigenvalue weighted by Crippen LogP contribution is -2.27. The maximum Gasteiger partial charge on any atom is 0.257 e. The first-order chi connectivity index (χ1) is 14.5. The van der Waals surface area contributed by atoms with E-state index < -0.39 is 10.0 Å². The number of hydrogen-bond acceptors (Lipinski definition) is 6. The number of benzene rings is 2. The van der Waals surface area contributed by atoms with E-state index in [4.69, 9.17) is 0 Å². The summed E-state index contributed by atoms with van der Waals surface area (Å²) in [5, 5.41) is 3.41. The Balaban J connectivity index is 1.34. The van der Waals surface area contributed by atoms with E-state index in [1.807, 2.05) is 18.2 Å². The predicted molar refractivity (Wildman–Crippen MR) is 119 cm³/mol. The van der Waals surface area contributed by atoms with Crippen molar-refractivity contribution < 1.29 is 13.2 Å². The summed E-state index contributed by atoms with van der Waals surface area (Å²) in [6.07, 6.45) is 1.78. The first-order valence-electron chi connectivity index (χ1n) is 9.66. The second kappa shape index (κ2) is 7.81. The number of nitrogens with one attached hydrogen (secondary N) is 1. The summed E-state index contributed by atoms with van der Waals surface area (Å²) in [4.78, 5) is 19.9. The normalized spacial score (nSPS) is 16.1. The van der Waals surface area contributed by atoms with Crippen LogP contribution < -0.4 is 5.32 Å². The zero-order chi connectivity index (χ0) is 20.7. The number of hydrogen-bond donors (Lipinski definition) is 1. The highest BCUT2D eigenvalue weighted by Crippen LogP contribution is 2.44. The van der Waals surface area contributed by atoms with Gasteiger partial charge >= 0.3 is 0 Å². The highest BCUT2D eigenvalue weighted by molar-refractivity contribution is 7.98. The second-order valence-corrected chi connectivity index (χ2v) is 11.2. The molecule has 30 heavy (non-hydrogen) atoms. The van der Waals surface area contributed by atoms with Crippen molar-refractivity contribution in [3.63, 3.8) is 0 Å². The topological polar surface area (TPSA) is 79.4 Å². The smallest absolute Gasteiger partial charge is 0.257 e. The van der Waals surface area contributed by atoms with Crippen LogP contribution in [0.2, 0.25) is 0 Å². The molecule has 1 N–H and O–H groups in total. The Morgan fingerprint density at radius 2 is 1.77 bits per heavy atom. The molecule has 0 saturated carbocycles. The van der Waals surface area contributed by atoms with Crippen LogP contribution >= 0.6 is 23.1 Å². The van der Waals surface area contributed by atoms with Gasteiger partial charge in [-0.15, -0.1) is 23.1 Å². The first kappa shape index (κ1) is 19.7. The van der Waals surface area contributed by atoms with Crippen LogP contribution in [0.15, 0.2) is 58.3 Å². The summed E-state index contributed by atoms with van der Waals surface area (Å²) in [7, 11) is -3.48. The Morgan fingerprint density at radius 1 is 1.03 bits per heavy atom. The predicted octanol–water partition coefficient (Wildman–Crippen LogP) is 4.45. The summed E-state index contributed by atoms with van der Waals surface area (Å²) in [6, 6.07) is 14.2. The molecule has 0 bridgehead atoms. The molecule has 2 aromatic carbocycles. The largest absolute Gasteiger partial charge is 0.298 e. The van der Waals surface area contributed by atoms with E-state index >= 15 is 0 Å². The molecule has 0 spiro atoms. The van der Waals surface area contributed by atoms with Crippen LogP contribution in [-0.2, 0) is 15.8 Å². The van der Waals surface area contributed by atoms with E-state index in [-0.39, 0.29) is 10.8 Å². The number of rotatable bonds is 4. The highest BCUT2D eigenvalue weighted by Gasteiger charge is 2.27. The molecular formula is C21H19N3O3S3. The Hall–Kier alpha value is -2.20. The van der Waals surface area contributed by atoms with Crippen LogP contribution in [0.25, 0.3) is 11.3 Å². The number of thioether (sulfide) groups is 1. The molecule has 1 amide bonds. The first-order valence-corrected chi connectivity index (χ1v) is 12.9. The fourth-order valence-corrected chi connectivity index (χ4v) is 7.28. The molecule has 0 aliphatic carbocycles. The average Bonchev–Trinajstić information content (AvgIpc) is 3.44. The molecule has 0 unspecified atom stereocenters. The Bertz CT molecular complexity index is 1210. The van der Waals surface area contributed by atoms with Crippen molar-refractivity contribution in [1.82, 2.24) is 9.29 Å². The monoisotopic (exact) mass is 457 g/mol. The van der Waals surface area contributed by atoms with Crippen LogP contribution in [0, 0.1) is 0 Å². The molecule has 1 saturated heterocycles. The molecular weight excluding hydrogens is 438 g/mol. The van der Waals surface area contributed by atoms with Crippen molar-refractivity contribution >= 4 is 44.2 Å². The van der Waals surface area contributed by atoms with Crippen LogP contribution in [0.1, 0.15) is 28.1 Å². The number of fused-ring (bicyclic) bond motifs is 3. The summed E-state index contributed by atoms with van der Waals surface area (Å²) < 4.78 is 26.8. The van der Waals surface area contributed by atoms with Gasteiger partial charge in [0.25, 0.3) is 5.91 Å². The van der Waals surface area contributed by atoms with Gasteiger partial charge in [0.1, 0.15) is 0 Å². The van der Waals surface area contributed by atoms with E-state index in [1.165, 1.54) is 32.7 Å². The van der Waals surface area contributed by atoms with Gasteiger partial charge in [0, 0.05) is 39.7 Å². The lowest BCUT2D eigenvalue weighted by Gasteiger charge is -2.15. The fourth-order valence-electron chi connectivity index (χ4n) is 3.67. The SMILES string of the molecule is O=C(Nc1nc2c(s1)CSc1ccccc1-2)c1ccc(S(=O)(=O)N2CCCC2)cc1. The summed E-state index contributed by atoms with van der Waals surface area (Å²) in [6.45, 7) is 1.11. The van der Waals surface area contributed by atoms with Crippen molar-refractivity contribution in [2.75, 3.05) is 18.4 Å². The molecule has 3 heterocycles. The van der Waals surface area contributed by atoms with E-state index in [9.17, 15) is 13.2 Å². The van der Waals surface area contributed by atoms with E-state index in [0.29, 0.717) is 23.8 Å². The molecule has 5 rings (SSSR count). The van der Waals surface area contributed by atoms with Crippen LogP contribution in [0.4, 0.5) is 5.13 Å². The molecule has 2 aliphatic heterocycles. The van der Waals surface area contributed by atoms with Crippen LogP contribution in [-0.4, -0.2) is 36.7 Å². The van der Waals surface area contributed by atoms with Crippen molar-refractivity contribution in [1.29, 1.82) is 0 Å². The lowest BCUT2D eigenvalue weighted by molar-refractivity contribution is 0.102. The molecule has 0 atom stereocenters. The number of carbonyl (C=O) groups is 1. The van der Waals surface area contributed by atoms with E-state index in [1.54, 1.807) is 23.9 Å². The fraction of sp³-hybridized carbons (Fsp3) is 0.238. The maximum atomic E-state index is 12.7. The number of nitrogens with zero attached hydrogens (tertiary/aromatic N) is 2. The minimum absolute atomic E-state index is 0.222. The third-order valence-corrected chi connectivity index (χ3v) is 9.40. The summed E-state index contributed by atoms with van der Waals surface area (Å²) >= 11 is 3.25. The molecule has 1 aromatic heterocycles. The molecule has 9 heteroatoms. The minimum Gasteiger partial charge on any atom is -0.298 e. The second-order valence-electron chi connectivity index (χ2n) is 7.17. The van der Waals surface area contributed by atoms with Gasteiger partial charge in [-0.2, -0.15) is 4.31 Å². The quantitative estimate of drug-likeness (QED) is 0.626. The molecule has 6 nitrogen and oxygen atoms in total. The van der Waals surface area contributed by atoms with Gasteiger partial charge in [-0.05, 0) is 43.2 Å². The standard InChI is InChI=1S/C21H19N3O3S3/c25-20(14-7-9-15(10-8-14)30(26,27)24-11-3-4-12-24)23-21-22-19-16-5-1-2-6-17(16)28-13-18(19)29-21/h1-2,5-10H,3-4,11-13H2,(H,22,23,25). The van der Waals surface area contributed by atoms with Crippen molar-refractivity contribution in [3.8, 4) is 11.3 Å². The van der Waals surface area contributed by atoms with Gasteiger partial charge in [-0.25, -0.2) is 13.4 Å². The molecule has 3 aromatic rings. The Morgan fingerprint density at radius 3 is 2.53 bits per heavy atom. The molecule has 1 fully saturated rings. The van der Waals surface area contributed by atoms with Gasteiger partial charge in [-0.1, -0.05) is 18.2 Å². The van der Waals surface area contributed by atoms with Gasteiger partial charge in [0.05, 0.1) is 10.6 Å². The number of sulfonamides is 1. The Labute approximate surface area is 183 Å². The number of thiazole rings is 1. The minimum atomic E-state index is -3.48. The van der Waals surface area contributed by atoms with Crippen LogP contribution in [0.5, 0.6) is 0 Å². The van der Waals surface area contributed by atoms with Crippen LogP contribution in [0.3, 0.4) is 0 Å². The zero-order valence-corrected chi connectivity index (χ0v) is 18.4. The van der Waals surface area contributed by atoms with Crippen molar-refractivity contribution in [2.24, 2.45) is 0 Å². The molecule has 0 radical (unpaired) electrons. The average molecular weight is 458 g/mol. The summed E-state index contributed by atoms with van der Waals surface area (Å²) in [5.74, 6) is 0.537. The third-order valence-electron chi connectivity index (χ3n) is 5.24. The van der Waals surface area contributed by atoms with Gasteiger partial charge in [0.2, 0.25) is 10.0 Å². The number of amides is 1. The lowest BCUT2D eigenvalue weighted by atomic mass is 10.1. The Kier molecular flexibility index (Phi) is 5.14. The third kappa shape index (κ3) is 3.56. The zero-order valence-electron chi connectivity index (χ0n) is 16.0. The van der Waals surface area contributed by atoms with Gasteiger partial charge in [0.15, 0.2) is 5.13 Å². The van der Waals surface area contributed by atoms with E-state index in [0.717, 1.165) is 34.7 Å². The van der Waals surface area contributed by atoms with Gasteiger partial charge in [-0.3, -0.25) is 10.1 Å². The van der Waals surface area contributed by atoms with Crippen molar-refractivity contribution in [2.45, 2.75) is 28.4 Å². The number of aromatic nitrogens is 1. The van der Waals surface area contributed by atoms with Gasteiger partial charge < -0.3 is 0 Å². The molecule has 2 aliphatic rings. The maximum absolute atomic E-state index is 12.7. The number of anilines is 1. The van der Waals surface area contributed by atoms with Crippen molar-refractivity contribution in [3.05, 3.63) is 59.0 Å². The molecule has 154 valence electrons. The van der Waals surface area contributed by atoms with E-state index in [2.05, 4.69) is 16.4 Å². The number of carbonyl (C=O) groups excluding carboxylic acids is 1.